The van der Waals surface area contributed by atoms with Crippen LogP contribution in [0.5, 0.6) is 0 Å². The summed E-state index contributed by atoms with van der Waals surface area (Å²) in [6.45, 7) is 0.862. The Balaban J connectivity index is 1.34. The van der Waals surface area contributed by atoms with Crippen molar-refractivity contribution < 1.29 is 23.9 Å². The zero-order valence-corrected chi connectivity index (χ0v) is 21.6. The molecule has 1 saturated heterocycles. The molecular weight excluding hydrogens is 528 g/mol. The molecular formula is C26H29BrN4O5. The summed E-state index contributed by atoms with van der Waals surface area (Å²) in [6, 6.07) is 8.35. The van der Waals surface area contributed by atoms with Gasteiger partial charge in [-0.05, 0) is 61.6 Å². The van der Waals surface area contributed by atoms with Gasteiger partial charge < -0.3 is 24.8 Å². The average Bonchev–Trinajstić information content (AvgIpc) is 3.48. The molecule has 1 fully saturated rings. The number of ether oxygens (including phenoxy) is 1. The molecule has 0 saturated carbocycles. The van der Waals surface area contributed by atoms with E-state index >= 15 is 0 Å². The molecule has 0 spiro atoms. The van der Waals surface area contributed by atoms with Crippen molar-refractivity contribution in [2.24, 2.45) is 5.92 Å². The monoisotopic (exact) mass is 556 g/mol. The lowest BCUT2D eigenvalue weighted by molar-refractivity contribution is -0.142. The lowest BCUT2D eigenvalue weighted by Crippen LogP contribution is -2.47. The van der Waals surface area contributed by atoms with E-state index in [1.54, 1.807) is 17.0 Å². The first-order valence-electron chi connectivity index (χ1n) is 12.3. The van der Waals surface area contributed by atoms with Crippen molar-refractivity contribution in [2.75, 3.05) is 19.0 Å². The lowest BCUT2D eigenvalue weighted by Gasteiger charge is -2.31. The van der Waals surface area contributed by atoms with E-state index in [4.69, 9.17) is 4.74 Å². The number of alkyl carbamates (subject to hydrolysis) is 1. The van der Waals surface area contributed by atoms with Crippen molar-refractivity contribution in [2.45, 2.75) is 56.7 Å². The summed E-state index contributed by atoms with van der Waals surface area (Å²) in [6.07, 6.45) is 4.12. The molecule has 2 N–H and O–H groups in total. The minimum Gasteiger partial charge on any atom is -0.453 e. The van der Waals surface area contributed by atoms with Crippen molar-refractivity contribution in [3.05, 3.63) is 52.3 Å². The van der Waals surface area contributed by atoms with Crippen LogP contribution in [0.15, 0.2) is 41.0 Å². The van der Waals surface area contributed by atoms with Gasteiger partial charge in [0.15, 0.2) is 0 Å². The molecule has 0 bridgehead atoms. The van der Waals surface area contributed by atoms with Crippen LogP contribution in [0.25, 0.3) is 0 Å². The molecule has 36 heavy (non-hydrogen) atoms. The number of methoxy groups -OCH3 is 1. The molecule has 2 aromatic rings. The number of hydrogen-bond acceptors (Lipinski definition) is 5. The van der Waals surface area contributed by atoms with Crippen LogP contribution in [-0.2, 0) is 32.1 Å². The molecule has 3 aliphatic rings. The molecule has 190 valence electrons. The first kappa shape index (κ1) is 24.5. The maximum atomic E-state index is 13.7. The number of likely N-dealkylation sites (tertiary alicyclic amines) is 1. The summed E-state index contributed by atoms with van der Waals surface area (Å²) in [4.78, 5) is 53.9. The predicted octanol–water partition coefficient (Wildman–Crippen LogP) is 3.22. The first-order chi connectivity index (χ1) is 17.4. The molecule has 1 aromatic heterocycles. The Morgan fingerprint density at radius 2 is 1.89 bits per heavy atom. The van der Waals surface area contributed by atoms with Gasteiger partial charge >= 0.3 is 6.09 Å². The van der Waals surface area contributed by atoms with Gasteiger partial charge in [0, 0.05) is 47.6 Å². The highest BCUT2D eigenvalue weighted by molar-refractivity contribution is 9.10. The second-order valence-corrected chi connectivity index (χ2v) is 10.6. The van der Waals surface area contributed by atoms with E-state index in [9.17, 15) is 19.2 Å². The number of anilines is 1. The molecule has 4 atom stereocenters. The second-order valence-electron chi connectivity index (χ2n) is 9.69. The number of carbonyl (C=O) groups is 4. The van der Waals surface area contributed by atoms with E-state index in [1.807, 2.05) is 29.0 Å². The molecule has 2 aliphatic heterocycles. The van der Waals surface area contributed by atoms with E-state index < -0.39 is 24.0 Å². The van der Waals surface area contributed by atoms with E-state index in [2.05, 4.69) is 26.6 Å². The van der Waals surface area contributed by atoms with Crippen molar-refractivity contribution in [3.8, 4) is 0 Å². The number of nitrogens with zero attached hydrogens (tertiary/aromatic N) is 2. The average molecular weight is 557 g/mol. The van der Waals surface area contributed by atoms with Crippen LogP contribution in [0.1, 0.15) is 42.9 Å². The van der Waals surface area contributed by atoms with Crippen LogP contribution < -0.4 is 10.6 Å². The third-order valence-corrected chi connectivity index (χ3v) is 8.04. The van der Waals surface area contributed by atoms with Gasteiger partial charge in [0.1, 0.15) is 11.8 Å². The number of ketones is 1. The normalized spacial score (nSPS) is 25.1. The Hall–Kier alpha value is -3.14. The maximum Gasteiger partial charge on any atom is 0.407 e. The zero-order chi connectivity index (χ0) is 25.4. The number of carbonyl (C=O) groups excluding carboxylic acids is 4. The van der Waals surface area contributed by atoms with Crippen molar-refractivity contribution in [1.82, 2.24) is 14.8 Å². The summed E-state index contributed by atoms with van der Waals surface area (Å²) in [5, 5.41) is 5.74. The minimum absolute atomic E-state index is 0.0665. The molecule has 3 heterocycles. The quantitative estimate of drug-likeness (QED) is 0.600. The van der Waals surface area contributed by atoms with Crippen LogP contribution in [0.3, 0.4) is 0 Å². The van der Waals surface area contributed by atoms with Gasteiger partial charge in [-0.25, -0.2) is 4.79 Å². The van der Waals surface area contributed by atoms with Crippen LogP contribution in [-0.4, -0.2) is 58.9 Å². The number of halogens is 1. The van der Waals surface area contributed by atoms with E-state index in [-0.39, 0.29) is 30.1 Å². The van der Waals surface area contributed by atoms with Crippen molar-refractivity contribution >= 4 is 45.3 Å². The summed E-state index contributed by atoms with van der Waals surface area (Å²) in [5.74, 6) is -1.54. The van der Waals surface area contributed by atoms with Crippen molar-refractivity contribution in [3.63, 3.8) is 0 Å². The SMILES string of the molecule is COC(=O)N[C@H]1CCc2ccn3c2C1C(=O)C[C@H](C(=O)N1CCC[C@H]1C(=O)Nc1ccc(Br)cc1)C3. The Kier molecular flexibility index (Phi) is 6.87. The molecule has 1 aromatic carbocycles. The van der Waals surface area contributed by atoms with Gasteiger partial charge in [0.25, 0.3) is 0 Å². The fourth-order valence-electron chi connectivity index (χ4n) is 5.82. The zero-order valence-electron chi connectivity index (χ0n) is 20.0. The Morgan fingerprint density at radius 1 is 1.11 bits per heavy atom. The number of aromatic nitrogens is 1. The van der Waals surface area contributed by atoms with Crippen LogP contribution in [0.2, 0.25) is 0 Å². The summed E-state index contributed by atoms with van der Waals surface area (Å²) in [5.41, 5.74) is 2.63. The fourth-order valence-corrected chi connectivity index (χ4v) is 6.09. The van der Waals surface area contributed by atoms with E-state index in [0.717, 1.165) is 28.6 Å². The lowest BCUT2D eigenvalue weighted by atomic mass is 9.79. The fraction of sp³-hybridized carbons (Fsp3) is 0.462. The van der Waals surface area contributed by atoms with Crippen LogP contribution in [0, 0.1) is 5.92 Å². The minimum atomic E-state index is -0.570. The Bertz CT molecular complexity index is 1190. The van der Waals surface area contributed by atoms with Gasteiger partial charge in [-0.15, -0.1) is 0 Å². The maximum absolute atomic E-state index is 13.7. The Morgan fingerprint density at radius 3 is 2.64 bits per heavy atom. The molecule has 1 aliphatic carbocycles. The second kappa shape index (κ2) is 10.1. The summed E-state index contributed by atoms with van der Waals surface area (Å²) >= 11 is 3.39. The molecule has 5 rings (SSSR count). The third kappa shape index (κ3) is 4.66. The topological polar surface area (TPSA) is 110 Å². The molecule has 0 radical (unpaired) electrons. The van der Waals surface area contributed by atoms with E-state index in [1.165, 1.54) is 7.11 Å². The van der Waals surface area contributed by atoms with Crippen molar-refractivity contribution in [1.29, 1.82) is 0 Å². The standard InChI is InChI=1S/C26H29BrN4O5/c1-36-26(35)29-19-9-4-15-10-12-30-14-16(13-21(32)22(19)23(15)30)25(34)31-11-2-3-20(31)24(33)28-18-7-5-17(27)6-8-18/h5-8,10,12,16,19-20,22H,2-4,9,11,13-14H2,1H3,(H,28,33)(H,29,35)/t16-,19-,20-,22?/m0/s1. The van der Waals surface area contributed by atoms with Gasteiger partial charge in [-0.2, -0.15) is 0 Å². The van der Waals surface area contributed by atoms with Crippen LogP contribution >= 0.6 is 15.9 Å². The predicted molar refractivity (Wildman–Crippen MR) is 135 cm³/mol. The number of aryl methyl sites for hydroxylation is 1. The number of amides is 3. The summed E-state index contributed by atoms with van der Waals surface area (Å²) < 4.78 is 7.67. The molecule has 1 unspecified atom stereocenters. The van der Waals surface area contributed by atoms with Gasteiger partial charge in [-0.3, -0.25) is 14.4 Å². The first-order valence-corrected chi connectivity index (χ1v) is 13.1. The smallest absolute Gasteiger partial charge is 0.407 e. The van der Waals surface area contributed by atoms with Gasteiger partial charge in [0.2, 0.25) is 11.8 Å². The highest BCUT2D eigenvalue weighted by atomic mass is 79.9. The van der Waals surface area contributed by atoms with E-state index in [0.29, 0.717) is 31.6 Å². The molecule has 9 nitrogen and oxygen atoms in total. The number of rotatable bonds is 4. The molecule has 10 heteroatoms. The number of Topliss-reactive ketones (excluding diaryl/α,β-unsaturated/α-hetero) is 1. The third-order valence-electron chi connectivity index (χ3n) is 7.52. The number of benzene rings is 1. The number of hydrogen-bond donors (Lipinski definition) is 2. The largest absolute Gasteiger partial charge is 0.453 e. The molecule has 3 amide bonds. The van der Waals surface area contributed by atoms with Gasteiger partial charge in [-0.1, -0.05) is 15.9 Å². The number of nitrogens with one attached hydrogen (secondary N) is 2. The van der Waals surface area contributed by atoms with Crippen LogP contribution in [0.4, 0.5) is 10.5 Å². The Labute approximate surface area is 217 Å². The summed E-state index contributed by atoms with van der Waals surface area (Å²) in [7, 11) is 1.30. The highest BCUT2D eigenvalue weighted by Crippen LogP contribution is 2.38. The van der Waals surface area contributed by atoms with Gasteiger partial charge in [0.05, 0.1) is 18.9 Å². The highest BCUT2D eigenvalue weighted by Gasteiger charge is 2.44.